The molecular weight excluding hydrogens is 490 g/mol. The first kappa shape index (κ1) is 22.7. The van der Waals surface area contributed by atoms with E-state index in [-0.39, 0.29) is 22.9 Å². The van der Waals surface area contributed by atoms with Crippen molar-refractivity contribution in [2.75, 3.05) is 5.32 Å². The normalized spacial score (nSPS) is 18.5. The predicted molar refractivity (Wildman–Crippen MR) is 143 cm³/mol. The number of carbonyl (C=O) groups excluding carboxylic acids is 1. The lowest BCUT2D eigenvalue weighted by molar-refractivity contribution is -0.384. The molecule has 6 rings (SSSR count). The van der Waals surface area contributed by atoms with E-state index in [9.17, 15) is 14.9 Å². The SMILES string of the molecule is NC1=C(C(=O)Nc2ccc(-c3nc4ccccc4[nH]3)cc2)C(c2ccc([N+](=O)[O-])cc2)N2C=CSC2N1. The third-order valence-electron chi connectivity index (χ3n) is 6.32. The molecule has 184 valence electrons. The summed E-state index contributed by atoms with van der Waals surface area (Å²) < 4.78 is 0. The van der Waals surface area contributed by atoms with Gasteiger partial charge in [0.1, 0.15) is 11.6 Å². The van der Waals surface area contributed by atoms with E-state index < -0.39 is 11.0 Å². The van der Waals surface area contributed by atoms with Gasteiger partial charge in [0.15, 0.2) is 5.50 Å². The lowest BCUT2D eigenvalue weighted by Crippen LogP contribution is -2.49. The molecule has 5 N–H and O–H groups in total. The number of fused-ring (bicyclic) bond motifs is 2. The van der Waals surface area contributed by atoms with Gasteiger partial charge in [-0.05, 0) is 59.5 Å². The maximum absolute atomic E-state index is 13.5. The summed E-state index contributed by atoms with van der Waals surface area (Å²) in [4.78, 5) is 34.1. The molecule has 0 fully saturated rings. The highest BCUT2D eigenvalue weighted by Gasteiger charge is 2.39. The second-order valence-electron chi connectivity index (χ2n) is 8.58. The fourth-order valence-corrected chi connectivity index (χ4v) is 5.42. The van der Waals surface area contributed by atoms with Gasteiger partial charge in [0.2, 0.25) is 0 Å². The number of nitro benzene ring substituents is 1. The Balaban J connectivity index is 1.28. The van der Waals surface area contributed by atoms with Crippen molar-refractivity contribution in [3.05, 3.63) is 111 Å². The van der Waals surface area contributed by atoms with E-state index in [1.807, 2.05) is 65.0 Å². The van der Waals surface area contributed by atoms with Crippen molar-refractivity contribution >= 4 is 40.1 Å². The number of benzene rings is 3. The number of non-ortho nitro benzene ring substituents is 1. The van der Waals surface area contributed by atoms with Crippen molar-refractivity contribution in [2.24, 2.45) is 5.73 Å². The summed E-state index contributed by atoms with van der Waals surface area (Å²) >= 11 is 1.53. The Morgan fingerprint density at radius 2 is 1.84 bits per heavy atom. The Morgan fingerprint density at radius 3 is 2.57 bits per heavy atom. The number of amides is 1. The number of hydrogen-bond donors (Lipinski definition) is 4. The van der Waals surface area contributed by atoms with E-state index in [0.717, 1.165) is 28.0 Å². The Labute approximate surface area is 215 Å². The van der Waals surface area contributed by atoms with Gasteiger partial charge in [-0.2, -0.15) is 0 Å². The number of carbonyl (C=O) groups is 1. The van der Waals surface area contributed by atoms with E-state index in [2.05, 4.69) is 20.6 Å². The first-order valence-corrected chi connectivity index (χ1v) is 12.4. The summed E-state index contributed by atoms with van der Waals surface area (Å²) in [6.45, 7) is 0. The number of nitrogens with one attached hydrogen (secondary N) is 3. The van der Waals surface area contributed by atoms with E-state index in [4.69, 9.17) is 5.73 Å². The highest BCUT2D eigenvalue weighted by Crippen LogP contribution is 2.41. The van der Waals surface area contributed by atoms with Crippen LogP contribution in [0.25, 0.3) is 22.4 Å². The molecule has 0 saturated carbocycles. The molecule has 3 aromatic carbocycles. The van der Waals surface area contributed by atoms with Crippen LogP contribution in [0.3, 0.4) is 0 Å². The Bertz CT molecular complexity index is 1550. The zero-order valence-corrected chi connectivity index (χ0v) is 20.1. The van der Waals surface area contributed by atoms with Crippen molar-refractivity contribution in [1.82, 2.24) is 20.2 Å². The number of aromatic nitrogens is 2. The van der Waals surface area contributed by atoms with E-state index >= 15 is 0 Å². The fourth-order valence-electron chi connectivity index (χ4n) is 4.53. The first-order valence-electron chi connectivity index (χ1n) is 11.4. The Hall–Kier alpha value is -4.77. The number of aromatic amines is 1. The third-order valence-corrected chi connectivity index (χ3v) is 7.22. The minimum Gasteiger partial charge on any atom is -0.385 e. The number of imidazole rings is 1. The predicted octanol–water partition coefficient (Wildman–Crippen LogP) is 4.40. The van der Waals surface area contributed by atoms with Crippen LogP contribution >= 0.6 is 11.8 Å². The summed E-state index contributed by atoms with van der Waals surface area (Å²) in [5.41, 5.74) is 10.5. The molecule has 0 saturated heterocycles. The number of thioether (sulfide) groups is 1. The lowest BCUT2D eigenvalue weighted by atomic mass is 9.94. The van der Waals surface area contributed by atoms with Crippen molar-refractivity contribution in [3.8, 4) is 11.4 Å². The number of para-hydroxylation sites is 2. The Kier molecular flexibility index (Phi) is 5.53. The van der Waals surface area contributed by atoms with E-state index in [1.54, 1.807) is 12.1 Å². The number of nitro groups is 1. The zero-order chi connectivity index (χ0) is 25.5. The van der Waals surface area contributed by atoms with E-state index in [0.29, 0.717) is 11.3 Å². The summed E-state index contributed by atoms with van der Waals surface area (Å²) in [7, 11) is 0. The molecule has 1 amide bonds. The molecule has 37 heavy (non-hydrogen) atoms. The molecule has 0 aliphatic carbocycles. The maximum atomic E-state index is 13.5. The second-order valence-corrected chi connectivity index (χ2v) is 9.57. The van der Waals surface area contributed by atoms with Crippen LogP contribution < -0.4 is 16.4 Å². The van der Waals surface area contributed by atoms with Crippen LogP contribution in [-0.4, -0.2) is 31.2 Å². The standard InChI is InChI=1S/C26H21N7O3S/c27-23-21(22(32-13-14-37-26(32)31-23)15-7-11-18(12-8-15)33(35)36)25(34)28-17-9-5-16(6-10-17)24-29-19-3-1-2-4-20(19)30-24/h1-14,22,26,31H,27H2,(H,28,34)(H,29,30). The molecule has 2 aliphatic rings. The smallest absolute Gasteiger partial charge is 0.269 e. The van der Waals surface area contributed by atoms with Crippen molar-refractivity contribution in [2.45, 2.75) is 11.5 Å². The number of rotatable bonds is 5. The number of nitrogens with two attached hydrogens (primary N) is 1. The number of nitrogens with zero attached hydrogens (tertiary/aromatic N) is 3. The first-order chi connectivity index (χ1) is 18.0. The molecule has 10 nitrogen and oxygen atoms in total. The fraction of sp³-hybridized carbons (Fsp3) is 0.0769. The molecule has 3 heterocycles. The molecule has 0 spiro atoms. The van der Waals surface area contributed by atoms with Crippen LogP contribution in [0, 0.1) is 10.1 Å². The molecule has 11 heteroatoms. The number of hydrogen-bond acceptors (Lipinski definition) is 8. The quantitative estimate of drug-likeness (QED) is 0.228. The highest BCUT2D eigenvalue weighted by molar-refractivity contribution is 8.02. The molecule has 2 aliphatic heterocycles. The van der Waals surface area contributed by atoms with Crippen LogP contribution in [0.4, 0.5) is 11.4 Å². The topological polar surface area (TPSA) is 142 Å². The van der Waals surface area contributed by atoms with Crippen molar-refractivity contribution in [3.63, 3.8) is 0 Å². The van der Waals surface area contributed by atoms with Gasteiger partial charge in [-0.25, -0.2) is 4.98 Å². The summed E-state index contributed by atoms with van der Waals surface area (Å²) in [5, 5.41) is 19.2. The molecule has 1 aromatic heterocycles. The van der Waals surface area contributed by atoms with Gasteiger partial charge in [-0.1, -0.05) is 23.9 Å². The third kappa shape index (κ3) is 4.15. The molecule has 0 radical (unpaired) electrons. The van der Waals surface area contributed by atoms with Crippen molar-refractivity contribution in [1.29, 1.82) is 0 Å². The van der Waals surface area contributed by atoms with Crippen LogP contribution in [-0.2, 0) is 4.79 Å². The lowest BCUT2D eigenvalue weighted by Gasteiger charge is -2.40. The largest absolute Gasteiger partial charge is 0.385 e. The Morgan fingerprint density at radius 1 is 1.08 bits per heavy atom. The van der Waals surface area contributed by atoms with Crippen LogP contribution in [0.1, 0.15) is 11.6 Å². The number of anilines is 1. The summed E-state index contributed by atoms with van der Waals surface area (Å²) in [6.07, 6.45) is 1.89. The van der Waals surface area contributed by atoms with Crippen LogP contribution in [0.15, 0.2) is 95.8 Å². The van der Waals surface area contributed by atoms with Crippen LogP contribution in [0.5, 0.6) is 0 Å². The number of H-pyrrole nitrogens is 1. The minimum absolute atomic E-state index is 0.0203. The van der Waals surface area contributed by atoms with Gasteiger partial charge in [-0.15, -0.1) is 0 Å². The monoisotopic (exact) mass is 511 g/mol. The second kappa shape index (κ2) is 9.03. The molecule has 2 unspecified atom stereocenters. The summed E-state index contributed by atoms with van der Waals surface area (Å²) in [6, 6.07) is 20.8. The molecule has 2 atom stereocenters. The van der Waals surface area contributed by atoms with Crippen molar-refractivity contribution < 1.29 is 9.72 Å². The van der Waals surface area contributed by atoms with Crippen LogP contribution in [0.2, 0.25) is 0 Å². The van der Waals surface area contributed by atoms with Gasteiger partial charge >= 0.3 is 0 Å². The zero-order valence-electron chi connectivity index (χ0n) is 19.3. The van der Waals surface area contributed by atoms with Gasteiger partial charge in [-0.3, -0.25) is 14.9 Å². The highest BCUT2D eigenvalue weighted by atomic mass is 32.2. The van der Waals surface area contributed by atoms with Gasteiger partial charge < -0.3 is 26.3 Å². The maximum Gasteiger partial charge on any atom is 0.269 e. The molecule has 0 bridgehead atoms. The van der Waals surface area contributed by atoms with Gasteiger partial charge in [0, 0.05) is 29.6 Å². The van der Waals surface area contributed by atoms with Gasteiger partial charge in [0.25, 0.3) is 11.6 Å². The molecule has 4 aromatic rings. The molecular formula is C26H21N7O3S. The van der Waals surface area contributed by atoms with Gasteiger partial charge in [0.05, 0.1) is 27.6 Å². The summed E-state index contributed by atoms with van der Waals surface area (Å²) in [5.74, 6) is 0.635. The minimum atomic E-state index is -0.520. The average Bonchev–Trinajstić information content (AvgIpc) is 3.55. The average molecular weight is 512 g/mol. The van der Waals surface area contributed by atoms with E-state index in [1.165, 1.54) is 23.9 Å².